The number of oxime groups is 1. The molecule has 21 heavy (non-hydrogen) atoms. The summed E-state index contributed by atoms with van der Waals surface area (Å²) in [4.78, 5) is 0. The number of benzene rings is 1. The van der Waals surface area contributed by atoms with Crippen LogP contribution in [0.3, 0.4) is 0 Å². The second-order valence-corrected chi connectivity index (χ2v) is 7.36. The number of amidine groups is 1. The Kier molecular flexibility index (Phi) is 5.19. The molecule has 1 aliphatic heterocycles. The number of hydrogen-bond donors (Lipinski definition) is 2. The predicted molar refractivity (Wildman–Crippen MR) is 81.6 cm³/mol. The van der Waals surface area contributed by atoms with Crippen LogP contribution in [0.1, 0.15) is 18.4 Å². The number of sulfonamides is 1. The highest BCUT2D eigenvalue weighted by Crippen LogP contribution is 2.20. The van der Waals surface area contributed by atoms with Gasteiger partial charge < -0.3 is 10.9 Å². The number of hydrogen-bond acceptors (Lipinski definition) is 4. The van der Waals surface area contributed by atoms with Crippen LogP contribution in [0.2, 0.25) is 0 Å². The van der Waals surface area contributed by atoms with Gasteiger partial charge in [-0.25, -0.2) is 12.7 Å². The van der Waals surface area contributed by atoms with Crippen LogP contribution in [-0.4, -0.2) is 42.6 Å². The second-order valence-electron chi connectivity index (χ2n) is 5.27. The van der Waals surface area contributed by atoms with Crippen LogP contribution in [0.15, 0.2) is 35.5 Å². The minimum Gasteiger partial charge on any atom is -0.409 e. The van der Waals surface area contributed by atoms with Crippen LogP contribution in [-0.2, 0) is 16.4 Å². The summed E-state index contributed by atoms with van der Waals surface area (Å²) in [6.07, 6.45) is 1.97. The molecule has 1 aliphatic rings. The zero-order chi connectivity index (χ0) is 15.3. The molecule has 116 valence electrons. The highest BCUT2D eigenvalue weighted by molar-refractivity contribution is 7.89. The molecule has 0 saturated carbocycles. The molecule has 6 nitrogen and oxygen atoms in total. The van der Waals surface area contributed by atoms with E-state index in [0.717, 1.165) is 18.4 Å². The molecular weight excluding hydrogens is 290 g/mol. The van der Waals surface area contributed by atoms with Gasteiger partial charge in [0.05, 0.1) is 5.75 Å². The molecule has 1 saturated heterocycles. The summed E-state index contributed by atoms with van der Waals surface area (Å²) in [7, 11) is -3.32. The van der Waals surface area contributed by atoms with Gasteiger partial charge in [-0.3, -0.25) is 0 Å². The third-order valence-corrected chi connectivity index (χ3v) is 5.64. The smallest absolute Gasteiger partial charge is 0.214 e. The van der Waals surface area contributed by atoms with E-state index in [1.54, 1.807) is 0 Å². The van der Waals surface area contributed by atoms with Crippen LogP contribution in [0, 0.1) is 5.92 Å². The van der Waals surface area contributed by atoms with Gasteiger partial charge in [0.15, 0.2) is 0 Å². The molecule has 1 aromatic rings. The molecule has 0 aromatic heterocycles. The summed E-state index contributed by atoms with van der Waals surface area (Å²) in [5, 5.41) is 11.7. The van der Waals surface area contributed by atoms with Crippen molar-refractivity contribution in [3.8, 4) is 0 Å². The Hall–Kier alpha value is -1.60. The number of nitrogens with two attached hydrogens (primary N) is 1. The highest BCUT2D eigenvalue weighted by Gasteiger charge is 2.30. The van der Waals surface area contributed by atoms with Crippen LogP contribution in [0.25, 0.3) is 0 Å². The van der Waals surface area contributed by atoms with E-state index < -0.39 is 10.0 Å². The molecular formula is C14H21N3O3S. The van der Waals surface area contributed by atoms with Crippen LogP contribution >= 0.6 is 0 Å². The molecule has 1 heterocycles. The van der Waals surface area contributed by atoms with Gasteiger partial charge in [0.1, 0.15) is 5.84 Å². The third-order valence-electron chi connectivity index (χ3n) is 3.80. The molecule has 3 N–H and O–H groups in total. The number of rotatable bonds is 5. The first-order chi connectivity index (χ1) is 10.0. The van der Waals surface area contributed by atoms with Crippen LogP contribution in [0.4, 0.5) is 0 Å². The van der Waals surface area contributed by atoms with Crippen molar-refractivity contribution >= 4 is 15.9 Å². The second kappa shape index (κ2) is 6.91. The highest BCUT2D eigenvalue weighted by atomic mass is 32.2. The standard InChI is InChI=1S/C14H21N3O3S/c15-14(16-18)13-7-4-9-17(11-13)21(19,20)10-8-12-5-2-1-3-6-12/h1-3,5-6,13,18H,4,7-11H2,(H2,15,16). The van der Waals surface area contributed by atoms with Crippen LogP contribution < -0.4 is 5.73 Å². The maximum atomic E-state index is 12.4. The molecule has 0 bridgehead atoms. The van der Waals surface area contributed by atoms with Gasteiger partial charge in [0.2, 0.25) is 10.0 Å². The van der Waals surface area contributed by atoms with Crippen molar-refractivity contribution < 1.29 is 13.6 Å². The number of nitrogens with zero attached hydrogens (tertiary/aromatic N) is 2. The van der Waals surface area contributed by atoms with Crippen molar-refractivity contribution in [2.45, 2.75) is 19.3 Å². The van der Waals surface area contributed by atoms with Gasteiger partial charge in [-0.2, -0.15) is 0 Å². The van der Waals surface area contributed by atoms with E-state index in [1.165, 1.54) is 4.31 Å². The Morgan fingerprint density at radius 2 is 2.10 bits per heavy atom. The van der Waals surface area contributed by atoms with E-state index in [-0.39, 0.29) is 17.5 Å². The minimum absolute atomic E-state index is 0.0832. The number of aryl methyl sites for hydroxylation is 1. The van der Waals surface area contributed by atoms with E-state index in [9.17, 15) is 8.42 Å². The average Bonchev–Trinajstić information content (AvgIpc) is 2.53. The maximum Gasteiger partial charge on any atom is 0.214 e. The molecule has 0 radical (unpaired) electrons. The first-order valence-electron chi connectivity index (χ1n) is 7.02. The molecule has 7 heteroatoms. The maximum absolute atomic E-state index is 12.4. The Morgan fingerprint density at radius 1 is 1.38 bits per heavy atom. The fraction of sp³-hybridized carbons (Fsp3) is 0.500. The Morgan fingerprint density at radius 3 is 2.76 bits per heavy atom. The van der Waals surface area contributed by atoms with Gasteiger partial charge in [0, 0.05) is 19.0 Å². The monoisotopic (exact) mass is 311 g/mol. The molecule has 1 unspecified atom stereocenters. The molecule has 2 rings (SSSR count). The van der Waals surface area contributed by atoms with Crippen molar-refractivity contribution in [1.82, 2.24) is 4.31 Å². The lowest BCUT2D eigenvalue weighted by atomic mass is 9.99. The van der Waals surface area contributed by atoms with E-state index in [0.29, 0.717) is 19.5 Å². The molecule has 1 fully saturated rings. The Labute approximate surface area is 125 Å². The fourth-order valence-electron chi connectivity index (χ4n) is 2.54. The van der Waals surface area contributed by atoms with Gasteiger partial charge in [0.25, 0.3) is 0 Å². The summed E-state index contributed by atoms with van der Waals surface area (Å²) in [6.45, 7) is 0.805. The van der Waals surface area contributed by atoms with E-state index >= 15 is 0 Å². The molecule has 0 amide bonds. The summed E-state index contributed by atoms with van der Waals surface area (Å²) in [6, 6.07) is 9.55. The summed E-state index contributed by atoms with van der Waals surface area (Å²) >= 11 is 0. The van der Waals surface area contributed by atoms with E-state index in [4.69, 9.17) is 10.9 Å². The Balaban J connectivity index is 1.99. The molecule has 0 aliphatic carbocycles. The summed E-state index contributed by atoms with van der Waals surface area (Å²) in [5.74, 6) is -0.00638. The lowest BCUT2D eigenvalue weighted by molar-refractivity contribution is 0.287. The fourth-order valence-corrected chi connectivity index (χ4v) is 4.10. The largest absolute Gasteiger partial charge is 0.409 e. The zero-order valence-corrected chi connectivity index (χ0v) is 12.7. The summed E-state index contributed by atoms with van der Waals surface area (Å²) in [5.41, 5.74) is 6.60. The van der Waals surface area contributed by atoms with Crippen molar-refractivity contribution in [3.63, 3.8) is 0 Å². The molecule has 1 atom stereocenters. The lowest BCUT2D eigenvalue weighted by Gasteiger charge is -2.31. The van der Waals surface area contributed by atoms with Gasteiger partial charge in [-0.05, 0) is 24.8 Å². The minimum atomic E-state index is -3.32. The van der Waals surface area contributed by atoms with Crippen molar-refractivity contribution in [1.29, 1.82) is 0 Å². The normalized spacial score (nSPS) is 21.3. The SMILES string of the molecule is N/C(=N/O)C1CCCN(S(=O)(=O)CCc2ccccc2)C1. The topological polar surface area (TPSA) is 96.0 Å². The van der Waals surface area contributed by atoms with Crippen LogP contribution in [0.5, 0.6) is 0 Å². The zero-order valence-electron chi connectivity index (χ0n) is 11.9. The molecule has 1 aromatic carbocycles. The third kappa shape index (κ3) is 4.18. The van der Waals surface area contributed by atoms with Crippen molar-refractivity contribution in [2.75, 3.05) is 18.8 Å². The van der Waals surface area contributed by atoms with Crippen molar-refractivity contribution in [2.24, 2.45) is 16.8 Å². The van der Waals surface area contributed by atoms with Gasteiger partial charge in [-0.15, -0.1) is 0 Å². The van der Waals surface area contributed by atoms with E-state index in [2.05, 4.69) is 5.16 Å². The van der Waals surface area contributed by atoms with Gasteiger partial charge >= 0.3 is 0 Å². The lowest BCUT2D eigenvalue weighted by Crippen LogP contribution is -2.45. The summed E-state index contributed by atoms with van der Waals surface area (Å²) < 4.78 is 26.3. The number of piperidine rings is 1. The van der Waals surface area contributed by atoms with Crippen molar-refractivity contribution in [3.05, 3.63) is 35.9 Å². The first-order valence-corrected chi connectivity index (χ1v) is 8.63. The van der Waals surface area contributed by atoms with Gasteiger partial charge in [-0.1, -0.05) is 35.5 Å². The first kappa shape index (κ1) is 15.8. The Bertz CT molecular complexity index is 587. The quantitative estimate of drug-likeness (QED) is 0.367. The van der Waals surface area contributed by atoms with E-state index in [1.807, 2.05) is 30.3 Å². The molecule has 0 spiro atoms. The predicted octanol–water partition coefficient (Wildman–Crippen LogP) is 1.02. The average molecular weight is 311 g/mol.